The quantitative estimate of drug-likeness (QED) is 0.604. The Balaban J connectivity index is 2.97. The normalized spacial score (nSPS) is 10.2. The summed E-state index contributed by atoms with van der Waals surface area (Å²) in [6.45, 7) is 0. The summed E-state index contributed by atoms with van der Waals surface area (Å²) in [7, 11) is 0. The van der Waals surface area contributed by atoms with Gasteiger partial charge in [-0.05, 0) is 12.1 Å². The van der Waals surface area contributed by atoms with E-state index in [2.05, 4.69) is 10.2 Å². The molecule has 0 N–H and O–H groups in total. The van der Waals surface area contributed by atoms with Gasteiger partial charge < -0.3 is 0 Å². The van der Waals surface area contributed by atoms with Gasteiger partial charge in [-0.25, -0.2) is 4.39 Å². The molecule has 0 saturated carbocycles. The minimum Gasteiger partial charge on any atom is -0.262 e. The summed E-state index contributed by atoms with van der Waals surface area (Å²) in [5.74, 6) is -0.881. The van der Waals surface area contributed by atoms with E-state index in [1.54, 1.807) is 24.3 Å². The van der Waals surface area contributed by atoms with Gasteiger partial charge in [0.2, 0.25) is 0 Å². The fraction of sp³-hybridized carbons (Fsp3) is 0. The SMILES string of the molecule is O=c1nnc2ccccc2cc1F. The van der Waals surface area contributed by atoms with Crippen LogP contribution in [0.2, 0.25) is 0 Å². The molecule has 0 amide bonds. The van der Waals surface area contributed by atoms with Gasteiger partial charge >= 0.3 is 5.56 Å². The number of hydrogen-bond acceptors (Lipinski definition) is 3. The maximum Gasteiger partial charge on any atom is 0.324 e. The van der Waals surface area contributed by atoms with E-state index in [4.69, 9.17) is 0 Å². The van der Waals surface area contributed by atoms with Gasteiger partial charge in [-0.1, -0.05) is 18.2 Å². The van der Waals surface area contributed by atoms with Gasteiger partial charge in [0.25, 0.3) is 0 Å². The molecule has 0 radical (unpaired) electrons. The molecule has 0 aliphatic heterocycles. The smallest absolute Gasteiger partial charge is 0.262 e. The van der Waals surface area contributed by atoms with Gasteiger partial charge in [0, 0.05) is 5.39 Å². The largest absolute Gasteiger partial charge is 0.324 e. The Hall–Kier alpha value is -1.84. The molecular formula is C9H5FN2O. The zero-order valence-corrected chi connectivity index (χ0v) is 6.57. The van der Waals surface area contributed by atoms with Crippen molar-refractivity contribution in [2.75, 3.05) is 0 Å². The number of halogens is 1. The molecule has 4 heteroatoms. The van der Waals surface area contributed by atoms with Crippen LogP contribution < -0.4 is 5.56 Å². The third-order valence-electron chi connectivity index (χ3n) is 1.67. The fourth-order valence-electron chi connectivity index (χ4n) is 1.05. The summed E-state index contributed by atoms with van der Waals surface area (Å²) < 4.78 is 12.9. The molecular weight excluding hydrogens is 171 g/mol. The van der Waals surface area contributed by atoms with Crippen molar-refractivity contribution < 1.29 is 4.39 Å². The van der Waals surface area contributed by atoms with Gasteiger partial charge in [0.15, 0.2) is 5.82 Å². The van der Waals surface area contributed by atoms with Gasteiger partial charge in [-0.15, -0.1) is 10.2 Å². The molecule has 3 nitrogen and oxygen atoms in total. The van der Waals surface area contributed by atoms with Crippen molar-refractivity contribution in [3.05, 3.63) is 46.5 Å². The number of aromatic nitrogens is 2. The first-order chi connectivity index (χ1) is 6.27. The van der Waals surface area contributed by atoms with Crippen molar-refractivity contribution in [3.8, 4) is 0 Å². The molecule has 1 heterocycles. The first-order valence-electron chi connectivity index (χ1n) is 3.70. The lowest BCUT2D eigenvalue weighted by Gasteiger charge is -1.85. The van der Waals surface area contributed by atoms with E-state index in [1.807, 2.05) is 0 Å². The predicted octanol–water partition coefficient (Wildman–Crippen LogP) is 1.13. The molecule has 0 aliphatic rings. The van der Waals surface area contributed by atoms with Crippen LogP contribution in [-0.2, 0) is 0 Å². The van der Waals surface area contributed by atoms with Crippen LogP contribution in [0.4, 0.5) is 4.39 Å². The molecule has 0 aliphatic carbocycles. The second-order valence-electron chi connectivity index (χ2n) is 2.56. The standard InChI is InChI=1S/C9H5FN2O/c10-7-5-6-3-1-2-4-8(6)11-12-9(7)13/h1-5H. The topological polar surface area (TPSA) is 42.9 Å². The predicted molar refractivity (Wildman–Crippen MR) is 45.8 cm³/mol. The molecule has 2 aromatic rings. The summed E-state index contributed by atoms with van der Waals surface area (Å²) in [5.41, 5.74) is -0.431. The Labute approximate surface area is 72.9 Å². The van der Waals surface area contributed by atoms with E-state index in [9.17, 15) is 9.18 Å². The molecule has 13 heavy (non-hydrogen) atoms. The second-order valence-corrected chi connectivity index (χ2v) is 2.56. The summed E-state index contributed by atoms with van der Waals surface area (Å²) in [5, 5.41) is 7.35. The van der Waals surface area contributed by atoms with E-state index < -0.39 is 11.4 Å². The molecule has 0 bridgehead atoms. The molecule has 0 spiro atoms. The van der Waals surface area contributed by atoms with E-state index in [-0.39, 0.29) is 0 Å². The van der Waals surface area contributed by atoms with Crippen LogP contribution in [0.1, 0.15) is 0 Å². The van der Waals surface area contributed by atoms with Crippen LogP contribution in [-0.4, -0.2) is 10.2 Å². The highest BCUT2D eigenvalue weighted by Crippen LogP contribution is 2.07. The zero-order valence-electron chi connectivity index (χ0n) is 6.57. The summed E-state index contributed by atoms with van der Waals surface area (Å²) in [6.07, 6.45) is 0. The van der Waals surface area contributed by atoms with Crippen LogP contribution in [0.3, 0.4) is 0 Å². The summed E-state index contributed by atoms with van der Waals surface area (Å²) in [6, 6.07) is 7.97. The van der Waals surface area contributed by atoms with Crippen LogP contribution in [0.5, 0.6) is 0 Å². The maximum atomic E-state index is 12.9. The van der Waals surface area contributed by atoms with Gasteiger partial charge in [0.05, 0.1) is 5.52 Å². The molecule has 1 aromatic heterocycles. The Morgan fingerprint density at radius 1 is 1.15 bits per heavy atom. The minimum atomic E-state index is -0.934. The van der Waals surface area contributed by atoms with E-state index in [0.717, 1.165) is 6.07 Å². The second kappa shape index (κ2) is 2.90. The Bertz CT molecular complexity index is 513. The lowest BCUT2D eigenvalue weighted by molar-refractivity contribution is 0.610. The third kappa shape index (κ3) is 1.38. The number of fused-ring (bicyclic) bond motifs is 1. The first kappa shape index (κ1) is 7.79. The van der Waals surface area contributed by atoms with Crippen LogP contribution in [0, 0.1) is 5.82 Å². The number of rotatable bonds is 0. The number of nitrogens with zero attached hydrogens (tertiary/aromatic N) is 2. The summed E-state index contributed by atoms with van der Waals surface area (Å²) in [4.78, 5) is 10.8. The lowest BCUT2D eigenvalue weighted by Crippen LogP contribution is -2.06. The fourth-order valence-corrected chi connectivity index (χ4v) is 1.05. The third-order valence-corrected chi connectivity index (χ3v) is 1.67. The van der Waals surface area contributed by atoms with Crippen LogP contribution in [0.25, 0.3) is 10.9 Å². The van der Waals surface area contributed by atoms with Gasteiger partial charge in [0.1, 0.15) is 0 Å². The van der Waals surface area contributed by atoms with Crippen LogP contribution >= 0.6 is 0 Å². The highest BCUT2D eigenvalue weighted by Gasteiger charge is 1.98. The Morgan fingerprint density at radius 2 is 1.92 bits per heavy atom. The van der Waals surface area contributed by atoms with Crippen molar-refractivity contribution in [2.45, 2.75) is 0 Å². The Kier molecular flexibility index (Phi) is 1.73. The first-order valence-corrected chi connectivity index (χ1v) is 3.70. The molecule has 64 valence electrons. The molecule has 0 saturated heterocycles. The highest BCUT2D eigenvalue weighted by molar-refractivity contribution is 5.77. The van der Waals surface area contributed by atoms with Crippen molar-refractivity contribution in [1.29, 1.82) is 0 Å². The van der Waals surface area contributed by atoms with Crippen LogP contribution in [0.15, 0.2) is 35.1 Å². The monoisotopic (exact) mass is 176 g/mol. The van der Waals surface area contributed by atoms with E-state index in [1.165, 1.54) is 0 Å². The number of benzene rings is 1. The maximum absolute atomic E-state index is 12.9. The average Bonchev–Trinajstić information content (AvgIpc) is 2.28. The molecule has 0 fully saturated rings. The van der Waals surface area contributed by atoms with Gasteiger partial charge in [-0.3, -0.25) is 4.79 Å². The molecule has 2 rings (SSSR count). The molecule has 1 aromatic carbocycles. The zero-order chi connectivity index (χ0) is 9.26. The molecule has 0 unspecified atom stereocenters. The Morgan fingerprint density at radius 3 is 2.77 bits per heavy atom. The van der Waals surface area contributed by atoms with Crippen molar-refractivity contribution in [2.24, 2.45) is 0 Å². The van der Waals surface area contributed by atoms with Gasteiger partial charge in [-0.2, -0.15) is 0 Å². The van der Waals surface area contributed by atoms with E-state index in [0.29, 0.717) is 10.9 Å². The average molecular weight is 176 g/mol. The van der Waals surface area contributed by atoms with Crippen molar-refractivity contribution >= 4 is 10.9 Å². The molecule has 0 atom stereocenters. The minimum absolute atomic E-state index is 0.503. The lowest BCUT2D eigenvalue weighted by atomic mass is 10.2. The van der Waals surface area contributed by atoms with E-state index >= 15 is 0 Å². The van der Waals surface area contributed by atoms with Crippen molar-refractivity contribution in [1.82, 2.24) is 10.2 Å². The highest BCUT2D eigenvalue weighted by atomic mass is 19.1. The van der Waals surface area contributed by atoms with Crippen molar-refractivity contribution in [3.63, 3.8) is 0 Å². The summed E-state index contributed by atoms with van der Waals surface area (Å²) >= 11 is 0. The number of hydrogen-bond donors (Lipinski definition) is 0.